The summed E-state index contributed by atoms with van der Waals surface area (Å²) < 4.78 is 19.9. The fourth-order valence-electron chi connectivity index (χ4n) is 2.44. The molecule has 0 spiro atoms. The summed E-state index contributed by atoms with van der Waals surface area (Å²) in [4.78, 5) is 27.8. The molecule has 1 atom stereocenters. The predicted molar refractivity (Wildman–Crippen MR) is 104 cm³/mol. The van der Waals surface area contributed by atoms with E-state index < -0.39 is 18.2 Å². The molecular weight excluding hydrogens is 362 g/mol. The molecule has 0 aromatic heterocycles. The largest absolute Gasteiger partial charge is 0.513 e. The maximum Gasteiger partial charge on any atom is 0.513 e. The molecule has 0 unspecified atom stereocenters. The van der Waals surface area contributed by atoms with Gasteiger partial charge in [-0.15, -0.1) is 0 Å². The highest BCUT2D eigenvalue weighted by Gasteiger charge is 2.18. The first-order valence-electron chi connectivity index (χ1n) is 8.75. The second-order valence-electron chi connectivity index (χ2n) is 5.70. The SMILES string of the molecule is CCOc1cc(C=N[C@@H](Cc2ccccc2)C(=O)OC)ccc1OC(=O)OC. The van der Waals surface area contributed by atoms with E-state index in [0.717, 1.165) is 5.56 Å². The lowest BCUT2D eigenvalue weighted by Crippen LogP contribution is -2.23. The van der Waals surface area contributed by atoms with Gasteiger partial charge in [-0.2, -0.15) is 0 Å². The summed E-state index contributed by atoms with van der Waals surface area (Å²) in [5, 5.41) is 0. The fraction of sp³-hybridized carbons (Fsp3) is 0.286. The molecule has 0 saturated heterocycles. The van der Waals surface area contributed by atoms with Gasteiger partial charge in [0, 0.05) is 12.6 Å². The van der Waals surface area contributed by atoms with Crippen molar-refractivity contribution in [3.05, 3.63) is 59.7 Å². The smallest absolute Gasteiger partial charge is 0.490 e. The second kappa shape index (κ2) is 10.7. The zero-order valence-electron chi connectivity index (χ0n) is 16.1. The van der Waals surface area contributed by atoms with Crippen LogP contribution in [0.15, 0.2) is 53.5 Å². The molecule has 0 aliphatic carbocycles. The molecule has 7 nitrogen and oxygen atoms in total. The molecule has 0 heterocycles. The van der Waals surface area contributed by atoms with E-state index in [1.165, 1.54) is 14.2 Å². The molecule has 0 saturated carbocycles. The molecule has 0 amide bonds. The number of aliphatic imine (C=N–C) groups is 1. The van der Waals surface area contributed by atoms with Gasteiger partial charge in [-0.25, -0.2) is 9.59 Å². The maximum atomic E-state index is 12.1. The van der Waals surface area contributed by atoms with Gasteiger partial charge >= 0.3 is 12.1 Å². The number of carbonyl (C=O) groups is 2. The Morgan fingerprint density at radius 2 is 1.79 bits per heavy atom. The Bertz CT molecular complexity index is 819. The van der Waals surface area contributed by atoms with Crippen molar-refractivity contribution in [1.82, 2.24) is 0 Å². The van der Waals surface area contributed by atoms with Crippen LogP contribution in [0.2, 0.25) is 0 Å². The molecule has 0 bridgehead atoms. The first kappa shape index (κ1) is 21.0. The average molecular weight is 385 g/mol. The Morgan fingerprint density at radius 1 is 1.04 bits per heavy atom. The van der Waals surface area contributed by atoms with Gasteiger partial charge in [0.15, 0.2) is 17.5 Å². The Hall–Kier alpha value is -3.35. The number of rotatable bonds is 8. The van der Waals surface area contributed by atoms with E-state index in [4.69, 9.17) is 14.2 Å². The molecule has 0 radical (unpaired) electrons. The number of ether oxygens (including phenoxy) is 4. The van der Waals surface area contributed by atoms with Crippen molar-refractivity contribution in [3.8, 4) is 11.5 Å². The molecule has 0 N–H and O–H groups in total. The van der Waals surface area contributed by atoms with Gasteiger partial charge in [0.05, 0.1) is 20.8 Å². The normalized spacial score (nSPS) is 11.7. The Morgan fingerprint density at radius 3 is 2.43 bits per heavy atom. The number of methoxy groups -OCH3 is 2. The van der Waals surface area contributed by atoms with Gasteiger partial charge in [-0.3, -0.25) is 4.99 Å². The van der Waals surface area contributed by atoms with Crippen LogP contribution in [0.25, 0.3) is 0 Å². The average Bonchev–Trinajstić information content (AvgIpc) is 2.72. The highest BCUT2D eigenvalue weighted by atomic mass is 16.7. The summed E-state index contributed by atoms with van der Waals surface area (Å²) in [5.41, 5.74) is 1.66. The molecule has 0 aliphatic rings. The van der Waals surface area contributed by atoms with E-state index in [9.17, 15) is 9.59 Å². The molecule has 2 aromatic rings. The quantitative estimate of drug-likeness (QED) is 0.393. The highest BCUT2D eigenvalue weighted by molar-refractivity contribution is 5.85. The van der Waals surface area contributed by atoms with E-state index in [1.54, 1.807) is 24.4 Å². The van der Waals surface area contributed by atoms with Crippen LogP contribution < -0.4 is 9.47 Å². The minimum absolute atomic E-state index is 0.236. The molecule has 7 heteroatoms. The van der Waals surface area contributed by atoms with Crippen LogP contribution in [0.3, 0.4) is 0 Å². The van der Waals surface area contributed by atoms with Crippen molar-refractivity contribution in [2.45, 2.75) is 19.4 Å². The van der Waals surface area contributed by atoms with Crippen molar-refractivity contribution in [3.63, 3.8) is 0 Å². The summed E-state index contributed by atoms with van der Waals surface area (Å²) in [5.74, 6) is 0.185. The van der Waals surface area contributed by atoms with Crippen LogP contribution in [0.1, 0.15) is 18.1 Å². The first-order valence-corrected chi connectivity index (χ1v) is 8.75. The molecular formula is C21H23NO6. The van der Waals surface area contributed by atoms with Gasteiger partial charge < -0.3 is 18.9 Å². The minimum atomic E-state index is -0.837. The van der Waals surface area contributed by atoms with E-state index in [2.05, 4.69) is 9.73 Å². The van der Waals surface area contributed by atoms with E-state index >= 15 is 0 Å². The highest BCUT2D eigenvalue weighted by Crippen LogP contribution is 2.28. The van der Waals surface area contributed by atoms with E-state index in [-0.39, 0.29) is 5.75 Å². The Balaban J connectivity index is 2.21. The van der Waals surface area contributed by atoms with Gasteiger partial charge in [0.1, 0.15) is 0 Å². The molecule has 148 valence electrons. The number of hydrogen-bond acceptors (Lipinski definition) is 7. The predicted octanol–water partition coefficient (Wildman–Crippen LogP) is 3.43. The Labute approximate surface area is 163 Å². The van der Waals surface area contributed by atoms with Crippen LogP contribution in [-0.2, 0) is 20.7 Å². The number of hydrogen-bond donors (Lipinski definition) is 0. The standard InChI is InChI=1S/C21H23NO6/c1-4-27-19-13-16(10-11-18(19)28-21(24)26-3)14-22-17(20(23)25-2)12-15-8-6-5-7-9-15/h5-11,13-14,17H,4,12H2,1-3H3/t17-/m0/s1. The van der Waals surface area contributed by atoms with Crippen molar-refractivity contribution in [2.24, 2.45) is 4.99 Å². The van der Waals surface area contributed by atoms with Crippen LogP contribution in [0.4, 0.5) is 4.79 Å². The van der Waals surface area contributed by atoms with E-state index in [0.29, 0.717) is 24.3 Å². The first-order chi connectivity index (χ1) is 13.6. The lowest BCUT2D eigenvalue weighted by atomic mass is 10.1. The van der Waals surface area contributed by atoms with Gasteiger partial charge in [-0.1, -0.05) is 30.3 Å². The fourth-order valence-corrected chi connectivity index (χ4v) is 2.44. The van der Waals surface area contributed by atoms with E-state index in [1.807, 2.05) is 37.3 Å². The van der Waals surface area contributed by atoms with Gasteiger partial charge in [0.2, 0.25) is 0 Å². The lowest BCUT2D eigenvalue weighted by molar-refractivity contribution is -0.142. The molecule has 0 aliphatic heterocycles. The number of nitrogens with zero attached hydrogens (tertiary/aromatic N) is 1. The third kappa shape index (κ3) is 6.12. The summed E-state index contributed by atoms with van der Waals surface area (Å²) in [6.07, 6.45) is 1.15. The second-order valence-corrected chi connectivity index (χ2v) is 5.70. The zero-order chi connectivity index (χ0) is 20.4. The summed E-state index contributed by atoms with van der Waals surface area (Å²) >= 11 is 0. The molecule has 28 heavy (non-hydrogen) atoms. The topological polar surface area (TPSA) is 83.4 Å². The zero-order valence-corrected chi connectivity index (χ0v) is 16.1. The molecule has 2 aromatic carbocycles. The van der Waals surface area contributed by atoms with Crippen LogP contribution >= 0.6 is 0 Å². The summed E-state index contributed by atoms with van der Waals surface area (Å²) in [7, 11) is 2.56. The Kier molecular flexibility index (Phi) is 8.02. The minimum Gasteiger partial charge on any atom is -0.490 e. The van der Waals surface area contributed by atoms with Crippen LogP contribution in [0, 0.1) is 0 Å². The third-order valence-electron chi connectivity index (χ3n) is 3.78. The van der Waals surface area contributed by atoms with Crippen molar-refractivity contribution in [1.29, 1.82) is 0 Å². The number of carbonyl (C=O) groups excluding carboxylic acids is 2. The summed E-state index contributed by atoms with van der Waals surface area (Å²) in [6, 6.07) is 13.8. The maximum absolute atomic E-state index is 12.1. The monoisotopic (exact) mass is 385 g/mol. The van der Waals surface area contributed by atoms with Crippen molar-refractivity contribution >= 4 is 18.3 Å². The van der Waals surface area contributed by atoms with Crippen LogP contribution in [0.5, 0.6) is 11.5 Å². The third-order valence-corrected chi connectivity index (χ3v) is 3.78. The van der Waals surface area contributed by atoms with Gasteiger partial charge in [0.25, 0.3) is 0 Å². The summed E-state index contributed by atoms with van der Waals surface area (Å²) in [6.45, 7) is 2.20. The van der Waals surface area contributed by atoms with Crippen molar-refractivity contribution < 1.29 is 28.5 Å². The lowest BCUT2D eigenvalue weighted by Gasteiger charge is -2.12. The number of benzene rings is 2. The molecule has 2 rings (SSSR count). The molecule has 0 fully saturated rings. The van der Waals surface area contributed by atoms with Crippen LogP contribution in [-0.4, -0.2) is 45.2 Å². The number of esters is 1. The van der Waals surface area contributed by atoms with Gasteiger partial charge in [-0.05, 0) is 36.2 Å². The van der Waals surface area contributed by atoms with Crippen molar-refractivity contribution in [2.75, 3.05) is 20.8 Å².